The quantitative estimate of drug-likeness (QED) is 0.815. The first-order chi connectivity index (χ1) is 8.29. The average molecular weight is 314 g/mol. The molecule has 0 spiro atoms. The van der Waals surface area contributed by atoms with Gasteiger partial charge in [0.15, 0.2) is 0 Å². The van der Waals surface area contributed by atoms with Crippen LogP contribution in [0.1, 0.15) is 43.1 Å². The Morgan fingerprint density at radius 2 is 2.06 bits per heavy atom. The number of hydrogen-bond acceptors (Lipinski definition) is 2. The average Bonchev–Trinajstić information content (AvgIpc) is 2.24. The predicted molar refractivity (Wildman–Crippen MR) is 76.9 cm³/mol. The summed E-state index contributed by atoms with van der Waals surface area (Å²) in [5.41, 5.74) is 1.71. The second-order valence-corrected chi connectivity index (χ2v) is 6.45. The second kappa shape index (κ2) is 6.34. The number of hydrogen-bond donors (Lipinski definition) is 2. The molecule has 1 aromatic rings. The maximum absolute atomic E-state index is 10.8. The highest BCUT2D eigenvalue weighted by atomic mass is 79.9. The minimum absolute atomic E-state index is 0.306. The molecule has 2 N–H and O–H groups in total. The van der Waals surface area contributed by atoms with Gasteiger partial charge in [0.25, 0.3) is 0 Å². The van der Waals surface area contributed by atoms with Crippen LogP contribution in [0.5, 0.6) is 0 Å². The van der Waals surface area contributed by atoms with Crippen LogP contribution in [0.4, 0.5) is 0 Å². The molecular formula is C14H20BrNO2. The Labute approximate surface area is 117 Å². The molecule has 1 rings (SSSR count). The highest BCUT2D eigenvalue weighted by Crippen LogP contribution is 2.20. The van der Waals surface area contributed by atoms with E-state index in [1.54, 1.807) is 12.1 Å². The molecule has 0 aliphatic rings. The lowest BCUT2D eigenvalue weighted by Crippen LogP contribution is -2.20. The van der Waals surface area contributed by atoms with Crippen LogP contribution >= 0.6 is 15.9 Å². The van der Waals surface area contributed by atoms with Crippen LogP contribution in [-0.2, 0) is 6.54 Å². The van der Waals surface area contributed by atoms with E-state index >= 15 is 0 Å². The van der Waals surface area contributed by atoms with Crippen molar-refractivity contribution < 1.29 is 9.90 Å². The van der Waals surface area contributed by atoms with Crippen LogP contribution < -0.4 is 5.32 Å². The molecule has 4 heteroatoms. The normalized spacial score (nSPS) is 11.6. The Kier molecular flexibility index (Phi) is 5.35. The molecule has 0 bridgehead atoms. The summed E-state index contributed by atoms with van der Waals surface area (Å²) in [6.45, 7) is 8.35. The number of rotatable bonds is 5. The summed E-state index contributed by atoms with van der Waals surface area (Å²) >= 11 is 3.40. The number of aromatic carboxylic acids is 1. The molecule has 0 amide bonds. The van der Waals surface area contributed by atoms with E-state index in [2.05, 4.69) is 42.0 Å². The van der Waals surface area contributed by atoms with Crippen LogP contribution in [0.2, 0.25) is 0 Å². The van der Waals surface area contributed by atoms with Crippen LogP contribution in [0, 0.1) is 5.41 Å². The number of nitrogens with one attached hydrogen (secondary N) is 1. The topological polar surface area (TPSA) is 49.3 Å². The van der Waals surface area contributed by atoms with Crippen molar-refractivity contribution in [3.63, 3.8) is 0 Å². The molecule has 3 nitrogen and oxygen atoms in total. The molecule has 0 heterocycles. The Hall–Kier alpha value is -0.870. The third kappa shape index (κ3) is 5.19. The van der Waals surface area contributed by atoms with Gasteiger partial charge in [0, 0.05) is 11.0 Å². The fourth-order valence-electron chi connectivity index (χ4n) is 1.51. The summed E-state index contributed by atoms with van der Waals surface area (Å²) in [6, 6.07) is 5.12. The standard InChI is InChI=1S/C14H20BrNO2/c1-14(2,3)6-7-16-9-11-5-4-10(13(17)18)8-12(11)15/h4-5,8,16H,6-7,9H2,1-3H3,(H,17,18). The lowest BCUT2D eigenvalue weighted by molar-refractivity contribution is 0.0697. The summed E-state index contributed by atoms with van der Waals surface area (Å²) in [5.74, 6) is -0.900. The van der Waals surface area contributed by atoms with Crippen molar-refractivity contribution in [2.45, 2.75) is 33.7 Å². The summed E-state index contributed by atoms with van der Waals surface area (Å²) in [7, 11) is 0. The third-order valence-electron chi connectivity index (χ3n) is 2.67. The Morgan fingerprint density at radius 1 is 1.39 bits per heavy atom. The van der Waals surface area contributed by atoms with Crippen molar-refractivity contribution in [2.75, 3.05) is 6.54 Å². The van der Waals surface area contributed by atoms with Gasteiger partial charge in [-0.15, -0.1) is 0 Å². The maximum atomic E-state index is 10.8. The second-order valence-electron chi connectivity index (χ2n) is 5.60. The SMILES string of the molecule is CC(C)(C)CCNCc1ccc(C(=O)O)cc1Br. The van der Waals surface area contributed by atoms with Crippen molar-refractivity contribution in [1.29, 1.82) is 0 Å². The molecular weight excluding hydrogens is 294 g/mol. The molecule has 100 valence electrons. The predicted octanol–water partition coefficient (Wildman–Crippen LogP) is 3.67. The Morgan fingerprint density at radius 3 is 2.56 bits per heavy atom. The molecule has 0 aliphatic carbocycles. The first kappa shape index (κ1) is 15.2. The molecule has 0 radical (unpaired) electrons. The summed E-state index contributed by atoms with van der Waals surface area (Å²) in [5, 5.41) is 12.2. The van der Waals surface area contributed by atoms with Gasteiger partial charge in [-0.05, 0) is 36.1 Å². The smallest absolute Gasteiger partial charge is 0.335 e. The fraction of sp³-hybridized carbons (Fsp3) is 0.500. The zero-order chi connectivity index (χ0) is 13.8. The largest absolute Gasteiger partial charge is 0.478 e. The van der Waals surface area contributed by atoms with Gasteiger partial charge < -0.3 is 10.4 Å². The van der Waals surface area contributed by atoms with E-state index < -0.39 is 5.97 Å². The van der Waals surface area contributed by atoms with Gasteiger partial charge in [-0.25, -0.2) is 4.79 Å². The minimum atomic E-state index is -0.900. The third-order valence-corrected chi connectivity index (χ3v) is 3.41. The van der Waals surface area contributed by atoms with E-state index in [4.69, 9.17) is 5.11 Å². The number of carbonyl (C=O) groups is 1. The number of halogens is 1. The van der Waals surface area contributed by atoms with Crippen LogP contribution in [-0.4, -0.2) is 17.6 Å². The lowest BCUT2D eigenvalue weighted by Gasteiger charge is -2.18. The number of carboxylic acids is 1. The Balaban J connectivity index is 2.51. The summed E-state index contributed by atoms with van der Waals surface area (Å²) in [4.78, 5) is 10.8. The van der Waals surface area contributed by atoms with E-state index in [1.165, 1.54) is 0 Å². The first-order valence-electron chi connectivity index (χ1n) is 6.02. The molecule has 0 saturated carbocycles. The molecule has 1 aromatic carbocycles. The van der Waals surface area contributed by atoms with Gasteiger partial charge >= 0.3 is 5.97 Å². The van der Waals surface area contributed by atoms with Crippen molar-refractivity contribution in [3.05, 3.63) is 33.8 Å². The maximum Gasteiger partial charge on any atom is 0.335 e. The van der Waals surface area contributed by atoms with Crippen LogP contribution in [0.15, 0.2) is 22.7 Å². The molecule has 18 heavy (non-hydrogen) atoms. The number of carboxylic acid groups (broad SMARTS) is 1. The van der Waals surface area contributed by atoms with E-state index in [9.17, 15) is 4.79 Å². The van der Waals surface area contributed by atoms with Gasteiger partial charge in [-0.1, -0.05) is 42.8 Å². The molecule has 0 atom stereocenters. The number of benzene rings is 1. The van der Waals surface area contributed by atoms with E-state index in [0.29, 0.717) is 11.0 Å². The molecule has 0 fully saturated rings. The molecule has 0 aromatic heterocycles. The van der Waals surface area contributed by atoms with E-state index in [-0.39, 0.29) is 0 Å². The molecule has 0 saturated heterocycles. The highest BCUT2D eigenvalue weighted by Gasteiger charge is 2.10. The van der Waals surface area contributed by atoms with Gasteiger partial charge in [-0.2, -0.15) is 0 Å². The fourth-order valence-corrected chi connectivity index (χ4v) is 2.03. The van der Waals surface area contributed by atoms with Crippen LogP contribution in [0.3, 0.4) is 0 Å². The van der Waals surface area contributed by atoms with E-state index in [0.717, 1.165) is 29.5 Å². The summed E-state index contributed by atoms with van der Waals surface area (Å²) in [6.07, 6.45) is 1.11. The van der Waals surface area contributed by atoms with Crippen LogP contribution in [0.25, 0.3) is 0 Å². The van der Waals surface area contributed by atoms with Crippen molar-refractivity contribution in [1.82, 2.24) is 5.32 Å². The van der Waals surface area contributed by atoms with Gasteiger partial charge in [0.1, 0.15) is 0 Å². The highest BCUT2D eigenvalue weighted by molar-refractivity contribution is 9.10. The first-order valence-corrected chi connectivity index (χ1v) is 6.81. The van der Waals surface area contributed by atoms with Crippen molar-refractivity contribution in [2.24, 2.45) is 5.41 Å². The van der Waals surface area contributed by atoms with Crippen molar-refractivity contribution >= 4 is 21.9 Å². The zero-order valence-electron chi connectivity index (χ0n) is 11.1. The van der Waals surface area contributed by atoms with Crippen molar-refractivity contribution in [3.8, 4) is 0 Å². The molecule has 0 aliphatic heterocycles. The van der Waals surface area contributed by atoms with Gasteiger partial charge in [0.05, 0.1) is 5.56 Å². The Bertz CT molecular complexity index is 424. The van der Waals surface area contributed by atoms with Gasteiger partial charge in [0.2, 0.25) is 0 Å². The van der Waals surface area contributed by atoms with E-state index in [1.807, 2.05) is 6.07 Å². The summed E-state index contributed by atoms with van der Waals surface area (Å²) < 4.78 is 0.839. The molecule has 0 unspecified atom stereocenters. The lowest BCUT2D eigenvalue weighted by atomic mass is 9.92. The zero-order valence-corrected chi connectivity index (χ0v) is 12.7. The minimum Gasteiger partial charge on any atom is -0.478 e. The monoisotopic (exact) mass is 313 g/mol. The van der Waals surface area contributed by atoms with Gasteiger partial charge in [-0.3, -0.25) is 0 Å².